The van der Waals surface area contributed by atoms with Gasteiger partial charge in [0, 0.05) is 50.7 Å². The van der Waals surface area contributed by atoms with Crippen LogP contribution in [0.25, 0.3) is 22.1 Å². The first-order valence-corrected chi connectivity index (χ1v) is 14.6. The molecule has 4 heterocycles. The number of carbonyl (C=O) groups is 4. The molecule has 0 aliphatic rings. The van der Waals surface area contributed by atoms with Crippen molar-refractivity contribution in [2.24, 2.45) is 25.6 Å². The number of anilines is 2. The number of aryl methyl sites for hydroxylation is 3. The third-order valence-electron chi connectivity index (χ3n) is 7.90. The summed E-state index contributed by atoms with van der Waals surface area (Å²) in [6.45, 7) is 2.45. The maximum Gasteiger partial charge on any atom is 0.274 e. The molecule has 0 saturated carbocycles. The first-order chi connectivity index (χ1) is 22.5. The molecule has 6 aromatic rings. The van der Waals surface area contributed by atoms with Crippen LogP contribution in [-0.4, -0.2) is 51.9 Å². The standard InChI is InChI=1S/C33H32N10O4/c1-19-16-21(29(35)45)18-23-27(19)43(33(37-23)39-31(47)26-9-7-13-41(26)3)15-5-4-14-42-24-11-10-20(28(34)44)17-22(24)36-32(42)38-30(46)25-8-6-12-40(25)2/h4-13,16-18H,14-15H2,1-3H3,(H2,34,44)(H2,35,45)(H,36,38,46)(H,37,39,47). The number of hydrogen-bond donors (Lipinski definition) is 4. The monoisotopic (exact) mass is 632 g/mol. The van der Waals surface area contributed by atoms with Crippen LogP contribution in [0.2, 0.25) is 0 Å². The Morgan fingerprint density at radius 1 is 0.723 bits per heavy atom. The summed E-state index contributed by atoms with van der Waals surface area (Å²) in [4.78, 5) is 59.2. The Labute approximate surface area is 268 Å². The van der Waals surface area contributed by atoms with Crippen molar-refractivity contribution in [3.05, 3.63) is 107 Å². The van der Waals surface area contributed by atoms with Gasteiger partial charge in [-0.15, -0.1) is 0 Å². The van der Waals surface area contributed by atoms with E-state index in [0.29, 0.717) is 58.1 Å². The van der Waals surface area contributed by atoms with Crippen LogP contribution in [0.1, 0.15) is 47.3 Å². The van der Waals surface area contributed by atoms with E-state index >= 15 is 0 Å². The Hall–Kier alpha value is -6.44. The van der Waals surface area contributed by atoms with Crippen molar-refractivity contribution in [2.45, 2.75) is 20.0 Å². The lowest BCUT2D eigenvalue weighted by Crippen LogP contribution is -2.18. The van der Waals surface area contributed by atoms with Gasteiger partial charge in [-0.1, -0.05) is 12.2 Å². The summed E-state index contributed by atoms with van der Waals surface area (Å²) in [6, 6.07) is 15.2. The number of amides is 4. The number of rotatable bonds is 10. The zero-order valence-electron chi connectivity index (χ0n) is 25.9. The van der Waals surface area contributed by atoms with E-state index in [9.17, 15) is 19.2 Å². The molecule has 4 aromatic heterocycles. The normalized spacial score (nSPS) is 11.5. The summed E-state index contributed by atoms with van der Waals surface area (Å²) in [6.07, 6.45) is 7.33. The third kappa shape index (κ3) is 5.86. The van der Waals surface area contributed by atoms with Crippen molar-refractivity contribution >= 4 is 57.6 Å². The molecule has 0 atom stereocenters. The van der Waals surface area contributed by atoms with Crippen molar-refractivity contribution in [1.29, 1.82) is 0 Å². The smallest absolute Gasteiger partial charge is 0.274 e. The number of nitrogens with one attached hydrogen (secondary N) is 2. The van der Waals surface area contributed by atoms with Gasteiger partial charge in [-0.05, 0) is 67.1 Å². The van der Waals surface area contributed by atoms with Gasteiger partial charge in [-0.2, -0.15) is 0 Å². The number of carbonyl (C=O) groups excluding carboxylic acids is 4. The highest BCUT2D eigenvalue weighted by atomic mass is 16.2. The molecule has 14 heteroatoms. The second-order valence-corrected chi connectivity index (χ2v) is 11.1. The van der Waals surface area contributed by atoms with E-state index in [1.54, 1.807) is 90.2 Å². The van der Waals surface area contributed by atoms with Crippen molar-refractivity contribution in [1.82, 2.24) is 28.2 Å². The van der Waals surface area contributed by atoms with Gasteiger partial charge in [-0.3, -0.25) is 29.8 Å². The molecule has 6 N–H and O–H groups in total. The van der Waals surface area contributed by atoms with Gasteiger partial charge < -0.3 is 29.7 Å². The summed E-state index contributed by atoms with van der Waals surface area (Å²) in [5.74, 6) is -1.27. The number of nitrogens with two attached hydrogens (primary N) is 2. The molecule has 0 saturated heterocycles. The first-order valence-electron chi connectivity index (χ1n) is 14.6. The number of aromatic nitrogens is 6. The second-order valence-electron chi connectivity index (χ2n) is 11.1. The number of hydrogen-bond acceptors (Lipinski definition) is 6. The maximum atomic E-state index is 13.1. The van der Waals surface area contributed by atoms with E-state index in [1.807, 2.05) is 28.2 Å². The Morgan fingerprint density at radius 2 is 1.26 bits per heavy atom. The number of imidazole rings is 2. The zero-order chi connectivity index (χ0) is 33.4. The van der Waals surface area contributed by atoms with Crippen molar-refractivity contribution in [2.75, 3.05) is 10.6 Å². The van der Waals surface area contributed by atoms with Crippen LogP contribution in [-0.2, 0) is 27.2 Å². The summed E-state index contributed by atoms with van der Waals surface area (Å²) < 4.78 is 7.06. The first kappa shape index (κ1) is 30.6. The number of nitrogens with zero attached hydrogens (tertiary/aromatic N) is 6. The van der Waals surface area contributed by atoms with Gasteiger partial charge in [0.2, 0.25) is 23.7 Å². The lowest BCUT2D eigenvalue weighted by atomic mass is 10.1. The fourth-order valence-electron chi connectivity index (χ4n) is 5.54. The molecule has 0 aliphatic carbocycles. The van der Waals surface area contributed by atoms with Crippen LogP contribution in [0.4, 0.5) is 11.9 Å². The average molecular weight is 633 g/mol. The fraction of sp³-hybridized carbons (Fsp3) is 0.152. The van der Waals surface area contributed by atoms with Gasteiger partial charge in [0.05, 0.1) is 22.1 Å². The minimum Gasteiger partial charge on any atom is -0.366 e. The van der Waals surface area contributed by atoms with Crippen LogP contribution >= 0.6 is 0 Å². The highest BCUT2D eigenvalue weighted by Crippen LogP contribution is 2.26. The van der Waals surface area contributed by atoms with E-state index in [1.165, 1.54) is 0 Å². The molecule has 4 amide bonds. The van der Waals surface area contributed by atoms with E-state index in [0.717, 1.165) is 11.1 Å². The largest absolute Gasteiger partial charge is 0.366 e. The molecule has 2 aromatic carbocycles. The van der Waals surface area contributed by atoms with E-state index in [4.69, 9.17) is 11.5 Å². The lowest BCUT2D eigenvalue weighted by molar-refractivity contribution is 0.0992. The zero-order valence-corrected chi connectivity index (χ0v) is 25.9. The molecule has 0 unspecified atom stereocenters. The SMILES string of the molecule is Cc1cc(C(N)=O)cc2nc(NC(=O)c3cccn3C)n(CC=CCn3c(NC(=O)c4cccn4C)nc4cc(C(N)=O)ccc43)c12. The Balaban J connectivity index is 1.33. The van der Waals surface area contributed by atoms with E-state index in [2.05, 4.69) is 20.6 Å². The van der Waals surface area contributed by atoms with Gasteiger partial charge >= 0.3 is 0 Å². The number of benzene rings is 2. The van der Waals surface area contributed by atoms with E-state index in [-0.39, 0.29) is 17.8 Å². The minimum absolute atomic E-state index is 0.288. The van der Waals surface area contributed by atoms with E-state index < -0.39 is 11.8 Å². The highest BCUT2D eigenvalue weighted by molar-refractivity contribution is 6.04. The molecule has 0 bridgehead atoms. The second kappa shape index (κ2) is 12.2. The molecule has 0 spiro atoms. The molecule has 0 aliphatic heterocycles. The van der Waals surface area contributed by atoms with Crippen LogP contribution in [0, 0.1) is 6.92 Å². The van der Waals surface area contributed by atoms with Gasteiger partial charge in [-0.25, -0.2) is 9.97 Å². The molecule has 238 valence electrons. The number of primary amides is 2. The van der Waals surface area contributed by atoms with Crippen molar-refractivity contribution < 1.29 is 19.2 Å². The average Bonchev–Trinajstić information content (AvgIpc) is 3.80. The predicted molar refractivity (Wildman–Crippen MR) is 177 cm³/mol. The van der Waals surface area contributed by atoms with Gasteiger partial charge in [0.1, 0.15) is 11.4 Å². The number of allylic oxidation sites excluding steroid dienone is 2. The molecule has 0 radical (unpaired) electrons. The topological polar surface area (TPSA) is 190 Å². The van der Waals surface area contributed by atoms with Gasteiger partial charge in [0.15, 0.2) is 0 Å². The molecule has 0 fully saturated rings. The van der Waals surface area contributed by atoms with Crippen LogP contribution in [0.15, 0.2) is 79.1 Å². The summed E-state index contributed by atoms with van der Waals surface area (Å²) in [7, 11) is 3.54. The van der Waals surface area contributed by atoms with Crippen molar-refractivity contribution in [3.8, 4) is 0 Å². The van der Waals surface area contributed by atoms with Crippen LogP contribution in [0.5, 0.6) is 0 Å². The summed E-state index contributed by atoms with van der Waals surface area (Å²) >= 11 is 0. The Bertz CT molecular complexity index is 2250. The third-order valence-corrected chi connectivity index (χ3v) is 7.90. The lowest BCUT2D eigenvalue weighted by Gasteiger charge is -2.11. The van der Waals surface area contributed by atoms with Crippen molar-refractivity contribution in [3.63, 3.8) is 0 Å². The quantitative estimate of drug-likeness (QED) is 0.168. The predicted octanol–water partition coefficient (Wildman–Crippen LogP) is 3.33. The minimum atomic E-state index is -0.587. The Morgan fingerprint density at radius 3 is 1.81 bits per heavy atom. The summed E-state index contributed by atoms with van der Waals surface area (Å²) in [5.41, 5.74) is 15.7. The molecule has 14 nitrogen and oxygen atoms in total. The maximum absolute atomic E-state index is 13.1. The Kier molecular flexibility index (Phi) is 7.91. The summed E-state index contributed by atoms with van der Waals surface area (Å²) in [5, 5.41) is 5.78. The van der Waals surface area contributed by atoms with Crippen LogP contribution < -0.4 is 22.1 Å². The van der Waals surface area contributed by atoms with Crippen LogP contribution in [0.3, 0.4) is 0 Å². The molecular weight excluding hydrogens is 600 g/mol. The molecule has 6 rings (SSSR count). The van der Waals surface area contributed by atoms with Gasteiger partial charge in [0.25, 0.3) is 11.8 Å². The highest BCUT2D eigenvalue weighted by Gasteiger charge is 2.19. The number of fused-ring (bicyclic) bond motifs is 2. The molecule has 47 heavy (non-hydrogen) atoms. The fourth-order valence-corrected chi connectivity index (χ4v) is 5.54. The molecular formula is C33H32N10O4.